The molecule has 0 rings (SSSR count). The van der Waals surface area contributed by atoms with Gasteiger partial charge in [-0.3, -0.25) is 9.36 Å². The standard InChI is InChI=1S/C49H91N2O6P/c1-6-8-10-12-14-16-18-20-22-23-24-25-26-27-28-29-30-32-34-36-38-40-42-48(52)47(46-57-58(54,55)56-45-44-51(3,4)5)50-49(53)43-41-39-37-35-33-31-21-19-17-15-13-11-9-7-2/h13,15,19,21,27-28,32,34,40,42,47-48,52H,6-12,14,16-18,20,22-26,29-31,33,35-39,41,43-46H2,1-5H3,(H-,50,53,54,55)/b15-13-,21-19-,28-27+,34-32+,42-40+. The van der Waals surface area contributed by atoms with E-state index < -0.39 is 26.6 Å². The topological polar surface area (TPSA) is 108 Å². The van der Waals surface area contributed by atoms with Crippen molar-refractivity contribution in [2.24, 2.45) is 0 Å². The Balaban J connectivity index is 4.46. The lowest BCUT2D eigenvalue weighted by Crippen LogP contribution is -2.45. The minimum Gasteiger partial charge on any atom is -0.756 e. The first-order valence-electron chi connectivity index (χ1n) is 23.7. The molecule has 0 radical (unpaired) electrons. The van der Waals surface area contributed by atoms with E-state index in [1.54, 1.807) is 6.08 Å². The molecule has 0 bridgehead atoms. The highest BCUT2D eigenvalue weighted by Crippen LogP contribution is 2.38. The summed E-state index contributed by atoms with van der Waals surface area (Å²) in [6.45, 7) is 4.55. The second-order valence-electron chi connectivity index (χ2n) is 17.1. The van der Waals surface area contributed by atoms with E-state index in [1.807, 2.05) is 27.2 Å². The van der Waals surface area contributed by atoms with Crippen molar-refractivity contribution in [1.82, 2.24) is 5.32 Å². The van der Waals surface area contributed by atoms with Gasteiger partial charge in [0.2, 0.25) is 5.91 Å². The smallest absolute Gasteiger partial charge is 0.268 e. The zero-order valence-electron chi connectivity index (χ0n) is 38.2. The predicted molar refractivity (Wildman–Crippen MR) is 247 cm³/mol. The van der Waals surface area contributed by atoms with Gasteiger partial charge in [0.25, 0.3) is 7.82 Å². The highest BCUT2D eigenvalue weighted by Gasteiger charge is 2.23. The Hall–Kier alpha value is -1.80. The van der Waals surface area contributed by atoms with E-state index in [0.717, 1.165) is 70.6 Å². The van der Waals surface area contributed by atoms with Crippen LogP contribution in [-0.4, -0.2) is 68.5 Å². The van der Waals surface area contributed by atoms with Crippen LogP contribution < -0.4 is 10.2 Å². The van der Waals surface area contributed by atoms with Crippen LogP contribution in [0.5, 0.6) is 0 Å². The van der Waals surface area contributed by atoms with Crippen LogP contribution in [0.2, 0.25) is 0 Å². The number of phosphoric ester groups is 1. The van der Waals surface area contributed by atoms with E-state index in [-0.39, 0.29) is 12.5 Å². The fourth-order valence-corrected chi connectivity index (χ4v) is 7.10. The van der Waals surface area contributed by atoms with Gasteiger partial charge in [0.05, 0.1) is 39.9 Å². The largest absolute Gasteiger partial charge is 0.756 e. The summed E-state index contributed by atoms with van der Waals surface area (Å²) in [5.74, 6) is -0.228. The maximum Gasteiger partial charge on any atom is 0.268 e. The predicted octanol–water partition coefficient (Wildman–Crippen LogP) is 12.8. The van der Waals surface area contributed by atoms with Gasteiger partial charge in [-0.2, -0.15) is 0 Å². The maximum absolute atomic E-state index is 12.8. The SMILES string of the molecule is CCCC/C=C\C/C=C\CCCCCCCC(=O)NC(COP(=O)([O-])OCC[N+](C)(C)C)C(O)/C=C/CC/C=C/CC/C=C/CCCCCCCCCCCCCC. The molecule has 0 aliphatic heterocycles. The van der Waals surface area contributed by atoms with Crippen LogP contribution in [0.4, 0.5) is 0 Å². The van der Waals surface area contributed by atoms with Gasteiger partial charge in [0.15, 0.2) is 0 Å². The maximum atomic E-state index is 12.8. The lowest BCUT2D eigenvalue weighted by atomic mass is 10.0. The van der Waals surface area contributed by atoms with Gasteiger partial charge in [-0.1, -0.05) is 177 Å². The number of hydrogen-bond acceptors (Lipinski definition) is 6. The van der Waals surface area contributed by atoms with Crippen molar-refractivity contribution >= 4 is 13.7 Å². The Kier molecular flexibility index (Phi) is 39.3. The van der Waals surface area contributed by atoms with Gasteiger partial charge in [0, 0.05) is 6.42 Å². The number of likely N-dealkylation sites (N-methyl/N-ethyl adjacent to an activating group) is 1. The molecule has 0 saturated carbocycles. The molecule has 9 heteroatoms. The second kappa shape index (κ2) is 40.6. The highest BCUT2D eigenvalue weighted by atomic mass is 31.2. The van der Waals surface area contributed by atoms with Gasteiger partial charge in [-0.25, -0.2) is 0 Å². The van der Waals surface area contributed by atoms with Gasteiger partial charge in [0.1, 0.15) is 13.2 Å². The monoisotopic (exact) mass is 835 g/mol. The van der Waals surface area contributed by atoms with E-state index >= 15 is 0 Å². The molecule has 0 aromatic carbocycles. The number of allylic oxidation sites excluding steroid dienone is 9. The van der Waals surface area contributed by atoms with Crippen LogP contribution in [0, 0.1) is 0 Å². The summed E-state index contributed by atoms with van der Waals surface area (Å²) < 4.78 is 23.2. The summed E-state index contributed by atoms with van der Waals surface area (Å²) in [4.78, 5) is 25.3. The molecule has 0 aromatic rings. The minimum absolute atomic E-state index is 0.0141. The van der Waals surface area contributed by atoms with Gasteiger partial charge < -0.3 is 28.8 Å². The molecule has 58 heavy (non-hydrogen) atoms. The van der Waals surface area contributed by atoms with Crippen LogP contribution in [0.15, 0.2) is 60.8 Å². The number of amides is 1. The summed E-state index contributed by atoms with van der Waals surface area (Å²) in [5.41, 5.74) is 0. The van der Waals surface area contributed by atoms with Crippen molar-refractivity contribution in [1.29, 1.82) is 0 Å². The van der Waals surface area contributed by atoms with E-state index in [4.69, 9.17) is 9.05 Å². The van der Waals surface area contributed by atoms with E-state index in [2.05, 4.69) is 67.8 Å². The molecular formula is C49H91N2O6P. The van der Waals surface area contributed by atoms with Crippen LogP contribution >= 0.6 is 7.82 Å². The van der Waals surface area contributed by atoms with Crippen molar-refractivity contribution in [3.8, 4) is 0 Å². The highest BCUT2D eigenvalue weighted by molar-refractivity contribution is 7.45. The third kappa shape index (κ3) is 42.3. The average Bonchev–Trinajstić information content (AvgIpc) is 3.17. The lowest BCUT2D eigenvalue weighted by Gasteiger charge is -2.29. The van der Waals surface area contributed by atoms with Crippen molar-refractivity contribution in [3.63, 3.8) is 0 Å². The molecule has 1 amide bonds. The van der Waals surface area contributed by atoms with Gasteiger partial charge in [-0.15, -0.1) is 0 Å². The number of nitrogens with one attached hydrogen (secondary N) is 1. The zero-order valence-corrected chi connectivity index (χ0v) is 39.1. The molecule has 0 aliphatic carbocycles. The average molecular weight is 835 g/mol. The Morgan fingerprint density at radius 2 is 1.03 bits per heavy atom. The first-order chi connectivity index (χ1) is 28.0. The second-order valence-corrected chi connectivity index (χ2v) is 18.5. The Labute approximate surface area is 358 Å². The Bertz CT molecular complexity index is 1130. The fourth-order valence-electron chi connectivity index (χ4n) is 6.38. The number of aliphatic hydroxyl groups excluding tert-OH is 1. The lowest BCUT2D eigenvalue weighted by molar-refractivity contribution is -0.870. The normalized spacial score (nSPS) is 14.8. The first-order valence-corrected chi connectivity index (χ1v) is 25.1. The zero-order chi connectivity index (χ0) is 42.8. The van der Waals surface area contributed by atoms with Crippen LogP contribution in [0.3, 0.4) is 0 Å². The van der Waals surface area contributed by atoms with Crippen LogP contribution in [0.25, 0.3) is 0 Å². The number of hydrogen-bond donors (Lipinski definition) is 2. The number of aliphatic hydroxyl groups is 1. The number of unbranched alkanes of at least 4 members (excludes halogenated alkanes) is 21. The van der Waals surface area contributed by atoms with Crippen LogP contribution in [-0.2, 0) is 18.4 Å². The third-order valence-corrected chi connectivity index (χ3v) is 11.1. The molecule has 0 fully saturated rings. The summed E-state index contributed by atoms with van der Waals surface area (Å²) in [6.07, 6.45) is 52.8. The molecule has 338 valence electrons. The van der Waals surface area contributed by atoms with Gasteiger partial charge in [-0.05, 0) is 70.6 Å². The number of carbonyl (C=O) groups is 1. The number of phosphoric acid groups is 1. The number of rotatable bonds is 42. The molecule has 3 unspecified atom stereocenters. The molecule has 0 heterocycles. The quantitative estimate of drug-likeness (QED) is 0.0274. The van der Waals surface area contributed by atoms with E-state index in [0.29, 0.717) is 17.4 Å². The molecule has 2 N–H and O–H groups in total. The summed E-state index contributed by atoms with van der Waals surface area (Å²) in [6, 6.07) is -0.918. The summed E-state index contributed by atoms with van der Waals surface area (Å²) >= 11 is 0. The van der Waals surface area contributed by atoms with Crippen molar-refractivity contribution < 1.29 is 32.9 Å². The first kappa shape index (κ1) is 56.2. The number of quaternary nitrogens is 1. The molecule has 0 spiro atoms. The van der Waals surface area contributed by atoms with E-state index in [9.17, 15) is 19.4 Å². The number of carbonyl (C=O) groups excluding carboxylic acids is 1. The Morgan fingerprint density at radius 3 is 1.55 bits per heavy atom. The van der Waals surface area contributed by atoms with E-state index in [1.165, 1.54) is 103 Å². The van der Waals surface area contributed by atoms with Gasteiger partial charge >= 0.3 is 0 Å². The third-order valence-electron chi connectivity index (χ3n) is 10.2. The summed E-state index contributed by atoms with van der Waals surface area (Å²) in [5, 5.41) is 13.8. The van der Waals surface area contributed by atoms with Crippen molar-refractivity contribution in [3.05, 3.63) is 60.8 Å². The Morgan fingerprint density at radius 1 is 0.603 bits per heavy atom. The summed E-state index contributed by atoms with van der Waals surface area (Å²) in [7, 11) is 1.22. The minimum atomic E-state index is -4.61. The molecule has 0 aromatic heterocycles. The molecule has 0 saturated heterocycles. The molecule has 0 aliphatic rings. The van der Waals surface area contributed by atoms with Crippen LogP contribution in [0.1, 0.15) is 194 Å². The molecule has 3 atom stereocenters. The van der Waals surface area contributed by atoms with Crippen molar-refractivity contribution in [2.75, 3.05) is 40.9 Å². The molecule has 8 nitrogen and oxygen atoms in total. The van der Waals surface area contributed by atoms with Crippen molar-refractivity contribution in [2.45, 2.75) is 206 Å². The molecular weight excluding hydrogens is 744 g/mol. The fraction of sp³-hybridized carbons (Fsp3) is 0.776. The number of nitrogens with zero attached hydrogens (tertiary/aromatic N) is 1.